The van der Waals surface area contributed by atoms with E-state index >= 15 is 0 Å². The van der Waals surface area contributed by atoms with E-state index in [1.54, 1.807) is 0 Å². The zero-order valence-corrected chi connectivity index (χ0v) is 18.3. The smallest absolute Gasteiger partial charge is 0.304 e. The second-order valence-corrected chi connectivity index (χ2v) is 10.3. The highest BCUT2D eigenvalue weighted by atomic mass is 16.6. The molecular formula is C25H34O4. The fourth-order valence-electron chi connectivity index (χ4n) is 7.64. The Balaban J connectivity index is 1.61. The van der Waals surface area contributed by atoms with Crippen LogP contribution in [0.3, 0.4) is 0 Å². The summed E-state index contributed by atoms with van der Waals surface area (Å²) < 4.78 is 11.4. The van der Waals surface area contributed by atoms with Crippen LogP contribution in [0.2, 0.25) is 0 Å². The minimum Gasteiger partial charge on any atom is -0.462 e. The zero-order chi connectivity index (χ0) is 21.0. The summed E-state index contributed by atoms with van der Waals surface area (Å²) >= 11 is 0. The molecule has 0 spiro atoms. The third kappa shape index (κ3) is 2.95. The molecule has 0 aromatic heterocycles. The third-order valence-electron chi connectivity index (χ3n) is 9.06. The quantitative estimate of drug-likeness (QED) is 0.380. The van der Waals surface area contributed by atoms with Crippen LogP contribution in [0.5, 0.6) is 0 Å². The van der Waals surface area contributed by atoms with Crippen molar-refractivity contribution in [3.05, 3.63) is 11.6 Å². The molecule has 158 valence electrons. The third-order valence-corrected chi connectivity index (χ3v) is 9.06. The van der Waals surface area contributed by atoms with E-state index in [-0.39, 0.29) is 28.9 Å². The first-order valence-corrected chi connectivity index (χ1v) is 11.2. The van der Waals surface area contributed by atoms with Gasteiger partial charge in [0, 0.05) is 25.7 Å². The molecule has 0 aromatic carbocycles. The maximum atomic E-state index is 11.8. The van der Waals surface area contributed by atoms with Gasteiger partial charge in [0.15, 0.2) is 5.60 Å². The Hall–Kier alpha value is -1.76. The highest BCUT2D eigenvalue weighted by Gasteiger charge is 2.65. The summed E-state index contributed by atoms with van der Waals surface area (Å²) in [6.07, 6.45) is 16.3. The molecule has 0 aromatic rings. The number of carbonyl (C=O) groups is 2. The molecule has 0 radical (unpaired) electrons. The molecule has 0 N–H and O–H groups in total. The van der Waals surface area contributed by atoms with Gasteiger partial charge in [0.25, 0.3) is 0 Å². The predicted molar refractivity (Wildman–Crippen MR) is 111 cm³/mol. The molecule has 3 fully saturated rings. The topological polar surface area (TPSA) is 52.6 Å². The minimum atomic E-state index is -0.758. The van der Waals surface area contributed by atoms with Crippen molar-refractivity contribution in [2.45, 2.75) is 90.8 Å². The summed E-state index contributed by atoms with van der Waals surface area (Å²) in [6, 6.07) is 0. The maximum Gasteiger partial charge on any atom is 0.304 e. The lowest BCUT2D eigenvalue weighted by atomic mass is 9.47. The number of hydrogen-bond donors (Lipinski definition) is 0. The van der Waals surface area contributed by atoms with E-state index in [0.29, 0.717) is 17.8 Å². The summed E-state index contributed by atoms with van der Waals surface area (Å²) in [5, 5.41) is 0. The van der Waals surface area contributed by atoms with Crippen molar-refractivity contribution in [2.75, 3.05) is 0 Å². The van der Waals surface area contributed by atoms with Crippen LogP contribution in [-0.2, 0) is 19.1 Å². The first-order valence-electron chi connectivity index (χ1n) is 11.2. The Morgan fingerprint density at radius 1 is 1.07 bits per heavy atom. The Morgan fingerprint density at radius 2 is 1.79 bits per heavy atom. The highest BCUT2D eigenvalue weighted by molar-refractivity contribution is 5.67. The summed E-state index contributed by atoms with van der Waals surface area (Å²) in [5.74, 6) is 4.17. The number of fused-ring (bicyclic) bond motifs is 5. The number of hydrogen-bond acceptors (Lipinski definition) is 4. The summed E-state index contributed by atoms with van der Waals surface area (Å²) in [4.78, 5) is 23.3. The fraction of sp³-hybridized carbons (Fsp3) is 0.760. The molecule has 0 aliphatic heterocycles. The molecule has 0 unspecified atom stereocenters. The van der Waals surface area contributed by atoms with Crippen LogP contribution in [0.15, 0.2) is 11.6 Å². The lowest BCUT2D eigenvalue weighted by Crippen LogP contribution is -2.55. The van der Waals surface area contributed by atoms with Gasteiger partial charge < -0.3 is 9.47 Å². The van der Waals surface area contributed by atoms with Gasteiger partial charge in [-0.25, -0.2) is 0 Å². The van der Waals surface area contributed by atoms with Gasteiger partial charge in [0.05, 0.1) is 0 Å². The summed E-state index contributed by atoms with van der Waals surface area (Å²) in [5.41, 5.74) is 0.766. The van der Waals surface area contributed by atoms with Crippen molar-refractivity contribution in [1.82, 2.24) is 0 Å². The van der Waals surface area contributed by atoms with Crippen molar-refractivity contribution in [2.24, 2.45) is 28.6 Å². The molecule has 7 atom stereocenters. The lowest BCUT2D eigenvalue weighted by Gasteiger charge is -2.58. The normalized spacial score (nSPS) is 45.7. The van der Waals surface area contributed by atoms with Crippen LogP contribution in [0.25, 0.3) is 0 Å². The van der Waals surface area contributed by atoms with Crippen LogP contribution >= 0.6 is 0 Å². The largest absolute Gasteiger partial charge is 0.462 e. The van der Waals surface area contributed by atoms with Gasteiger partial charge in [-0.15, -0.1) is 6.42 Å². The van der Waals surface area contributed by atoms with Crippen LogP contribution in [0, 0.1) is 40.9 Å². The number of ether oxygens (including phenoxy) is 2. The second kappa shape index (κ2) is 6.89. The van der Waals surface area contributed by atoms with Gasteiger partial charge in [0.2, 0.25) is 0 Å². The molecule has 0 saturated heterocycles. The van der Waals surface area contributed by atoms with E-state index in [4.69, 9.17) is 15.9 Å². The Labute approximate surface area is 174 Å². The monoisotopic (exact) mass is 398 g/mol. The molecule has 29 heavy (non-hydrogen) atoms. The van der Waals surface area contributed by atoms with Crippen molar-refractivity contribution >= 4 is 11.9 Å². The Kier molecular flexibility index (Phi) is 4.88. The number of carbonyl (C=O) groups excluding carboxylic acids is 2. The first-order chi connectivity index (χ1) is 13.6. The minimum absolute atomic E-state index is 0.0294. The lowest BCUT2D eigenvalue weighted by molar-refractivity contribution is -0.168. The number of esters is 2. The molecule has 4 aliphatic carbocycles. The predicted octanol–water partition coefficient (Wildman–Crippen LogP) is 4.82. The van der Waals surface area contributed by atoms with E-state index in [1.165, 1.54) is 19.4 Å². The Bertz CT molecular complexity index is 791. The van der Waals surface area contributed by atoms with E-state index in [1.807, 2.05) is 0 Å². The van der Waals surface area contributed by atoms with Crippen molar-refractivity contribution in [3.63, 3.8) is 0 Å². The number of allylic oxidation sites excluding steroid dienone is 1. The van der Waals surface area contributed by atoms with E-state index in [9.17, 15) is 9.59 Å². The second-order valence-electron chi connectivity index (χ2n) is 10.3. The highest BCUT2D eigenvalue weighted by Crippen LogP contribution is 2.67. The van der Waals surface area contributed by atoms with E-state index < -0.39 is 5.60 Å². The zero-order valence-electron chi connectivity index (χ0n) is 18.3. The van der Waals surface area contributed by atoms with Gasteiger partial charge in [0.1, 0.15) is 6.10 Å². The number of rotatable bonds is 2. The SMILES string of the molecule is C#C[C@]1(OC(C)=O)CC[C@@H]2[C@@H]3CC=C4C[C@H](OC(C)=O)CC[C@]4(C)[C@H]3CC[C@@]21C. The molecule has 4 aliphatic rings. The molecular weight excluding hydrogens is 364 g/mol. The maximum absolute atomic E-state index is 11.8. The molecule has 4 nitrogen and oxygen atoms in total. The van der Waals surface area contributed by atoms with Crippen molar-refractivity contribution < 1.29 is 19.1 Å². The Morgan fingerprint density at radius 3 is 2.45 bits per heavy atom. The molecule has 4 heteroatoms. The van der Waals surface area contributed by atoms with Crippen molar-refractivity contribution in [1.29, 1.82) is 0 Å². The van der Waals surface area contributed by atoms with Crippen LogP contribution < -0.4 is 0 Å². The van der Waals surface area contributed by atoms with Crippen LogP contribution in [0.4, 0.5) is 0 Å². The average molecular weight is 399 g/mol. The molecule has 0 bridgehead atoms. The summed E-state index contributed by atoms with van der Waals surface area (Å²) in [6.45, 7) is 7.67. The van der Waals surface area contributed by atoms with Gasteiger partial charge in [-0.3, -0.25) is 9.59 Å². The van der Waals surface area contributed by atoms with Crippen LogP contribution in [0.1, 0.15) is 79.1 Å². The van der Waals surface area contributed by atoms with Crippen molar-refractivity contribution in [3.8, 4) is 12.3 Å². The summed E-state index contributed by atoms with van der Waals surface area (Å²) in [7, 11) is 0. The fourth-order valence-corrected chi connectivity index (χ4v) is 7.64. The molecule has 3 saturated carbocycles. The van der Waals surface area contributed by atoms with Crippen LogP contribution in [-0.4, -0.2) is 23.6 Å². The first kappa shape index (κ1) is 20.5. The number of terminal acetylenes is 1. The van der Waals surface area contributed by atoms with Gasteiger partial charge in [-0.1, -0.05) is 31.4 Å². The molecule has 4 rings (SSSR count). The molecule has 0 heterocycles. The van der Waals surface area contributed by atoms with Gasteiger partial charge in [-0.2, -0.15) is 0 Å². The van der Waals surface area contributed by atoms with E-state index in [2.05, 4.69) is 25.8 Å². The average Bonchev–Trinajstić information content (AvgIpc) is 2.94. The van der Waals surface area contributed by atoms with Gasteiger partial charge in [-0.05, 0) is 68.1 Å². The van der Waals surface area contributed by atoms with E-state index in [0.717, 1.165) is 51.4 Å². The standard InChI is InChI=1S/C25H34O4/c1-6-25(29-17(3)27)14-11-22-20-8-7-18-15-19(28-16(2)26)9-12-23(18,4)21(20)10-13-24(22,25)5/h1,7,19-22H,8-15H2,2-5H3/t19-,20-,21+,22-,23+,24+,25+/m1/s1. The molecule has 0 amide bonds. The van der Waals surface area contributed by atoms with Gasteiger partial charge >= 0.3 is 11.9 Å².